The van der Waals surface area contributed by atoms with Crippen LogP contribution in [0.15, 0.2) is 64.6 Å². The van der Waals surface area contributed by atoms with Gasteiger partial charge in [0.25, 0.3) is 0 Å². The normalized spacial score (nSPS) is 13.7. The second-order valence-corrected chi connectivity index (χ2v) is 8.65. The summed E-state index contributed by atoms with van der Waals surface area (Å²) in [5, 5.41) is 3.01. The third-order valence-corrected chi connectivity index (χ3v) is 6.47. The van der Waals surface area contributed by atoms with Crippen LogP contribution in [0, 0.1) is 0 Å². The zero-order chi connectivity index (χ0) is 21.0. The van der Waals surface area contributed by atoms with Crippen LogP contribution in [0.5, 0.6) is 0 Å². The lowest BCUT2D eigenvalue weighted by Gasteiger charge is -2.25. The number of hydrogen-bond acceptors (Lipinski definition) is 6. The molecule has 0 N–H and O–H groups in total. The van der Waals surface area contributed by atoms with Crippen molar-refractivity contribution in [1.29, 1.82) is 0 Å². The zero-order valence-electron chi connectivity index (χ0n) is 17.2. The van der Waals surface area contributed by atoms with Gasteiger partial charge in [-0.05, 0) is 48.6 Å². The van der Waals surface area contributed by atoms with E-state index >= 15 is 0 Å². The van der Waals surface area contributed by atoms with Crippen LogP contribution in [0.2, 0.25) is 0 Å². The topological polar surface area (TPSA) is 62.5 Å². The summed E-state index contributed by atoms with van der Waals surface area (Å²) < 4.78 is 5.63. The van der Waals surface area contributed by atoms with E-state index in [1.54, 1.807) is 17.6 Å². The van der Waals surface area contributed by atoms with Gasteiger partial charge >= 0.3 is 0 Å². The summed E-state index contributed by atoms with van der Waals surface area (Å²) in [6.45, 7) is 2.86. The van der Waals surface area contributed by atoms with Crippen LogP contribution in [0.4, 0.5) is 5.82 Å². The number of furan rings is 1. The Kier molecular flexibility index (Phi) is 5.67. The maximum absolute atomic E-state index is 12.7. The number of carbonyl (C=O) groups is 1. The molecular weight excluding hydrogens is 408 g/mol. The first-order chi connectivity index (χ1) is 15.3. The first kappa shape index (κ1) is 19.8. The molecule has 0 atom stereocenters. The van der Waals surface area contributed by atoms with Crippen LogP contribution in [0.1, 0.15) is 25.0 Å². The molecule has 0 unspecified atom stereocenters. The molecule has 7 heteroatoms. The number of carbonyl (C=O) groups excluding carboxylic acids is 1. The number of nitrogens with zero attached hydrogens (tertiary/aromatic N) is 4. The molecule has 0 saturated carbocycles. The highest BCUT2D eigenvalue weighted by atomic mass is 32.1. The number of amides is 1. The molecule has 1 aliphatic rings. The van der Waals surface area contributed by atoms with Crippen LogP contribution >= 0.6 is 11.3 Å². The Hall–Kier alpha value is -3.19. The predicted octanol–water partition coefficient (Wildman–Crippen LogP) is 4.97. The number of hydrogen-bond donors (Lipinski definition) is 0. The van der Waals surface area contributed by atoms with E-state index in [4.69, 9.17) is 14.4 Å². The molecule has 1 saturated heterocycles. The fourth-order valence-electron chi connectivity index (χ4n) is 4.02. The average molecular weight is 433 g/mol. The Morgan fingerprint density at radius 1 is 1.06 bits per heavy atom. The first-order valence-corrected chi connectivity index (χ1v) is 11.5. The highest BCUT2D eigenvalue weighted by molar-refractivity contribution is 7.13. The fourth-order valence-corrected chi connectivity index (χ4v) is 4.68. The number of anilines is 1. The summed E-state index contributed by atoms with van der Waals surface area (Å²) in [7, 11) is 0. The van der Waals surface area contributed by atoms with Crippen molar-refractivity contribution in [2.24, 2.45) is 0 Å². The van der Waals surface area contributed by atoms with Crippen molar-refractivity contribution in [3.8, 4) is 10.7 Å². The van der Waals surface area contributed by atoms with Crippen LogP contribution in [0.3, 0.4) is 0 Å². The van der Waals surface area contributed by atoms with Crippen molar-refractivity contribution in [1.82, 2.24) is 14.9 Å². The minimum Gasteiger partial charge on any atom is -0.467 e. The molecule has 31 heavy (non-hydrogen) atoms. The molecule has 1 aliphatic heterocycles. The highest BCUT2D eigenvalue weighted by Crippen LogP contribution is 2.30. The third-order valence-electron chi connectivity index (χ3n) is 5.61. The second kappa shape index (κ2) is 8.89. The molecule has 0 spiro atoms. The maximum atomic E-state index is 12.7. The molecule has 1 amide bonds. The number of fused-ring (bicyclic) bond motifs is 1. The smallest absolute Gasteiger partial charge is 0.224 e. The van der Waals surface area contributed by atoms with Gasteiger partial charge in [0, 0.05) is 31.4 Å². The highest BCUT2D eigenvalue weighted by Gasteiger charge is 2.21. The number of aromatic nitrogens is 2. The molecule has 6 nitrogen and oxygen atoms in total. The van der Waals surface area contributed by atoms with Crippen LogP contribution in [-0.4, -0.2) is 40.4 Å². The molecule has 0 bridgehead atoms. The Morgan fingerprint density at radius 3 is 2.71 bits per heavy atom. The number of likely N-dealkylation sites (tertiary alicyclic amines) is 1. The molecule has 0 aliphatic carbocycles. The average Bonchev–Trinajstić information content (AvgIpc) is 3.59. The van der Waals surface area contributed by atoms with Crippen LogP contribution in [-0.2, 0) is 11.3 Å². The molecule has 4 aromatic rings. The van der Waals surface area contributed by atoms with E-state index in [-0.39, 0.29) is 5.91 Å². The van der Waals surface area contributed by atoms with Gasteiger partial charge in [-0.1, -0.05) is 18.2 Å². The van der Waals surface area contributed by atoms with E-state index in [0.717, 1.165) is 53.3 Å². The van der Waals surface area contributed by atoms with Gasteiger partial charge in [-0.25, -0.2) is 9.97 Å². The summed E-state index contributed by atoms with van der Waals surface area (Å²) in [6, 6.07) is 15.9. The van der Waals surface area contributed by atoms with E-state index in [2.05, 4.69) is 4.90 Å². The fraction of sp³-hybridized carbons (Fsp3) is 0.292. The molecule has 0 radical (unpaired) electrons. The molecular formula is C24H24N4O2S. The number of thiophene rings is 1. The van der Waals surface area contributed by atoms with E-state index in [1.807, 2.05) is 58.8 Å². The van der Waals surface area contributed by atoms with Gasteiger partial charge in [-0.2, -0.15) is 0 Å². The monoisotopic (exact) mass is 432 g/mol. The molecule has 5 rings (SSSR count). The van der Waals surface area contributed by atoms with Gasteiger partial charge in [-0.3, -0.25) is 4.79 Å². The number of rotatable bonds is 7. The molecule has 3 aromatic heterocycles. The maximum Gasteiger partial charge on any atom is 0.224 e. The lowest BCUT2D eigenvalue weighted by Crippen LogP contribution is -2.33. The number of para-hydroxylation sites is 1. The van der Waals surface area contributed by atoms with E-state index in [1.165, 1.54) is 0 Å². The quantitative estimate of drug-likeness (QED) is 0.413. The van der Waals surface area contributed by atoms with E-state index < -0.39 is 0 Å². The van der Waals surface area contributed by atoms with Gasteiger partial charge in [0.15, 0.2) is 5.82 Å². The SMILES string of the molecule is O=C(CCN(Cc1ccco1)c1nc(-c2cccs2)nc2ccccc12)N1CCCC1. The largest absolute Gasteiger partial charge is 0.467 e. The summed E-state index contributed by atoms with van der Waals surface area (Å²) >= 11 is 1.62. The Bertz CT molecular complexity index is 1150. The van der Waals surface area contributed by atoms with Crippen molar-refractivity contribution in [2.75, 3.05) is 24.5 Å². The third kappa shape index (κ3) is 4.32. The minimum absolute atomic E-state index is 0.207. The predicted molar refractivity (Wildman–Crippen MR) is 123 cm³/mol. The second-order valence-electron chi connectivity index (χ2n) is 7.70. The van der Waals surface area contributed by atoms with Gasteiger partial charge in [0.05, 0.1) is 23.2 Å². The Labute approximate surface area is 185 Å². The van der Waals surface area contributed by atoms with Gasteiger partial charge in [0.1, 0.15) is 11.6 Å². The lowest BCUT2D eigenvalue weighted by atomic mass is 10.2. The molecule has 1 fully saturated rings. The van der Waals surface area contributed by atoms with Crippen molar-refractivity contribution in [3.05, 3.63) is 65.9 Å². The number of benzene rings is 1. The Morgan fingerprint density at radius 2 is 1.94 bits per heavy atom. The zero-order valence-corrected chi connectivity index (χ0v) is 18.1. The van der Waals surface area contributed by atoms with Crippen molar-refractivity contribution in [3.63, 3.8) is 0 Å². The molecule has 1 aromatic carbocycles. The Balaban J connectivity index is 1.51. The standard InChI is InChI=1S/C24H24N4O2S/c29-22(27-12-3-4-13-27)11-14-28(17-18-7-5-15-30-18)24-19-8-1-2-9-20(19)25-23(26-24)21-10-6-16-31-21/h1-2,5-10,15-16H,3-4,11-14,17H2. The first-order valence-electron chi connectivity index (χ1n) is 10.6. The van der Waals surface area contributed by atoms with E-state index in [0.29, 0.717) is 25.3 Å². The van der Waals surface area contributed by atoms with Crippen molar-refractivity contribution in [2.45, 2.75) is 25.8 Å². The minimum atomic E-state index is 0.207. The van der Waals surface area contributed by atoms with Crippen molar-refractivity contribution < 1.29 is 9.21 Å². The molecule has 4 heterocycles. The summed E-state index contributed by atoms with van der Waals surface area (Å²) in [5.41, 5.74) is 0.895. The van der Waals surface area contributed by atoms with Crippen molar-refractivity contribution >= 4 is 34.0 Å². The summed E-state index contributed by atoms with van der Waals surface area (Å²) in [4.78, 5) is 27.6. The van der Waals surface area contributed by atoms with Crippen LogP contribution < -0.4 is 4.90 Å². The molecule has 158 valence electrons. The van der Waals surface area contributed by atoms with Gasteiger partial charge < -0.3 is 14.2 Å². The summed E-state index contributed by atoms with van der Waals surface area (Å²) in [5.74, 6) is 2.59. The van der Waals surface area contributed by atoms with Gasteiger partial charge in [0.2, 0.25) is 5.91 Å². The van der Waals surface area contributed by atoms with Crippen LogP contribution in [0.25, 0.3) is 21.6 Å². The lowest BCUT2D eigenvalue weighted by molar-refractivity contribution is -0.129. The summed E-state index contributed by atoms with van der Waals surface area (Å²) in [6.07, 6.45) is 4.33. The van der Waals surface area contributed by atoms with Gasteiger partial charge in [-0.15, -0.1) is 11.3 Å². The van der Waals surface area contributed by atoms with E-state index in [9.17, 15) is 4.79 Å².